The summed E-state index contributed by atoms with van der Waals surface area (Å²) in [5.41, 5.74) is 1.06. The summed E-state index contributed by atoms with van der Waals surface area (Å²) >= 11 is 0. The summed E-state index contributed by atoms with van der Waals surface area (Å²) in [6, 6.07) is 16.8. The van der Waals surface area contributed by atoms with E-state index in [0.717, 1.165) is 10.9 Å². The van der Waals surface area contributed by atoms with Crippen molar-refractivity contribution in [1.29, 1.82) is 0 Å². The predicted molar refractivity (Wildman–Crippen MR) is 116 cm³/mol. The number of rotatable bonds is 8. The molecule has 0 spiro atoms. The van der Waals surface area contributed by atoms with Gasteiger partial charge in [0.1, 0.15) is 11.5 Å². The van der Waals surface area contributed by atoms with Gasteiger partial charge >= 0.3 is 0 Å². The molecule has 0 unspecified atom stereocenters. The van der Waals surface area contributed by atoms with Crippen LogP contribution in [0.1, 0.15) is 18.9 Å². The number of nitrogens with zero attached hydrogens (tertiary/aromatic N) is 2. The normalized spacial score (nSPS) is 16.1. The van der Waals surface area contributed by atoms with Gasteiger partial charge in [0, 0.05) is 44.3 Å². The second-order valence-corrected chi connectivity index (χ2v) is 7.78. The highest BCUT2D eigenvalue weighted by molar-refractivity contribution is 5.81. The van der Waals surface area contributed by atoms with E-state index in [1.54, 1.807) is 15.5 Å². The van der Waals surface area contributed by atoms with Crippen molar-refractivity contribution in [3.63, 3.8) is 0 Å². The van der Waals surface area contributed by atoms with Crippen LogP contribution in [-0.2, 0) is 17.8 Å². The number of fused-ring (bicyclic) bond motifs is 1. The highest BCUT2D eigenvalue weighted by atomic mass is 19.3. The largest absolute Gasteiger partial charge is 0.457 e. The molecule has 1 aliphatic heterocycles. The smallest absolute Gasteiger partial charge is 0.261 e. The van der Waals surface area contributed by atoms with Crippen molar-refractivity contribution in [3.8, 4) is 11.5 Å². The monoisotopic (exact) mass is 428 g/mol. The zero-order valence-electron chi connectivity index (χ0n) is 17.5. The maximum Gasteiger partial charge on any atom is 0.261 e. The molecule has 0 amide bonds. The molecule has 0 N–H and O–H groups in total. The standard InChI is InChI=1S/C24H26F2N2O3/c1-2-30-13-12-28-22-15-21(31-20-6-4-3-5-7-20)9-8-18(22)14-19(23(28)29)16-27-11-10-24(25,26)17-27/h3-9,14-15H,2,10-13,16-17H2,1H3. The van der Waals surface area contributed by atoms with Crippen molar-refractivity contribution in [2.24, 2.45) is 0 Å². The molecule has 1 aromatic heterocycles. The molecule has 0 radical (unpaired) electrons. The van der Waals surface area contributed by atoms with Crippen molar-refractivity contribution >= 4 is 10.9 Å². The van der Waals surface area contributed by atoms with Crippen molar-refractivity contribution in [2.75, 3.05) is 26.3 Å². The Balaban J connectivity index is 1.69. The number of hydrogen-bond donors (Lipinski definition) is 0. The molecule has 2 aromatic carbocycles. The van der Waals surface area contributed by atoms with Crippen molar-refractivity contribution in [3.05, 3.63) is 70.5 Å². The third-order valence-electron chi connectivity index (χ3n) is 5.43. The van der Waals surface area contributed by atoms with Gasteiger partial charge in [-0.05, 0) is 42.6 Å². The number of likely N-dealkylation sites (tertiary alicyclic amines) is 1. The highest BCUT2D eigenvalue weighted by Gasteiger charge is 2.38. The van der Waals surface area contributed by atoms with Gasteiger partial charge in [-0.3, -0.25) is 9.69 Å². The average molecular weight is 428 g/mol. The van der Waals surface area contributed by atoms with Crippen LogP contribution >= 0.6 is 0 Å². The van der Waals surface area contributed by atoms with Crippen LogP contribution in [0.2, 0.25) is 0 Å². The second kappa shape index (κ2) is 9.16. The van der Waals surface area contributed by atoms with Crippen LogP contribution in [0.3, 0.4) is 0 Å². The number of alkyl halides is 2. The highest BCUT2D eigenvalue weighted by Crippen LogP contribution is 2.29. The average Bonchev–Trinajstić information content (AvgIpc) is 3.10. The topological polar surface area (TPSA) is 43.7 Å². The fourth-order valence-corrected chi connectivity index (χ4v) is 3.92. The van der Waals surface area contributed by atoms with E-state index in [2.05, 4.69) is 0 Å². The molecule has 3 aromatic rings. The zero-order valence-corrected chi connectivity index (χ0v) is 17.5. The van der Waals surface area contributed by atoms with E-state index < -0.39 is 5.92 Å². The summed E-state index contributed by atoms with van der Waals surface area (Å²) in [4.78, 5) is 14.9. The van der Waals surface area contributed by atoms with Crippen LogP contribution < -0.4 is 10.3 Å². The molecule has 0 saturated carbocycles. The first-order valence-corrected chi connectivity index (χ1v) is 10.5. The Bertz CT molecular complexity index is 1100. The number of para-hydroxylation sites is 1. The Morgan fingerprint density at radius 3 is 2.58 bits per heavy atom. The number of aromatic nitrogens is 1. The molecule has 31 heavy (non-hydrogen) atoms. The number of hydrogen-bond acceptors (Lipinski definition) is 4. The summed E-state index contributed by atoms with van der Waals surface area (Å²) in [7, 11) is 0. The summed E-state index contributed by atoms with van der Waals surface area (Å²) < 4.78 is 40.3. The van der Waals surface area contributed by atoms with Gasteiger partial charge < -0.3 is 14.0 Å². The third-order valence-corrected chi connectivity index (χ3v) is 5.43. The van der Waals surface area contributed by atoms with E-state index in [9.17, 15) is 13.6 Å². The first-order chi connectivity index (χ1) is 14.9. The summed E-state index contributed by atoms with van der Waals surface area (Å²) in [5, 5.41) is 0.859. The lowest BCUT2D eigenvalue weighted by atomic mass is 10.1. The minimum absolute atomic E-state index is 0.167. The van der Waals surface area contributed by atoms with E-state index in [1.807, 2.05) is 55.5 Å². The molecule has 2 heterocycles. The Morgan fingerprint density at radius 1 is 1.06 bits per heavy atom. The Morgan fingerprint density at radius 2 is 1.87 bits per heavy atom. The van der Waals surface area contributed by atoms with Crippen molar-refractivity contribution in [1.82, 2.24) is 9.47 Å². The first kappa shape index (κ1) is 21.5. The second-order valence-electron chi connectivity index (χ2n) is 7.78. The third kappa shape index (κ3) is 5.11. The van der Waals surface area contributed by atoms with Crippen LogP contribution in [0.15, 0.2) is 59.4 Å². The molecule has 4 rings (SSSR count). The van der Waals surface area contributed by atoms with Gasteiger partial charge in [-0.2, -0.15) is 0 Å². The molecule has 0 bridgehead atoms. The van der Waals surface area contributed by atoms with Crippen LogP contribution in [0.4, 0.5) is 8.78 Å². The fraction of sp³-hybridized carbons (Fsp3) is 0.375. The number of ether oxygens (including phenoxy) is 2. The molecule has 5 nitrogen and oxygen atoms in total. The van der Waals surface area contributed by atoms with Gasteiger partial charge in [-0.25, -0.2) is 8.78 Å². The molecule has 1 saturated heterocycles. The van der Waals surface area contributed by atoms with Crippen LogP contribution in [0, 0.1) is 0 Å². The van der Waals surface area contributed by atoms with E-state index in [4.69, 9.17) is 9.47 Å². The fourth-order valence-electron chi connectivity index (χ4n) is 3.92. The Hall–Kier alpha value is -2.77. The van der Waals surface area contributed by atoms with Crippen molar-refractivity contribution in [2.45, 2.75) is 32.4 Å². The Labute approximate surface area is 179 Å². The van der Waals surface area contributed by atoms with Gasteiger partial charge in [0.15, 0.2) is 0 Å². The molecule has 0 aliphatic carbocycles. The lowest BCUT2D eigenvalue weighted by Gasteiger charge is -2.18. The predicted octanol–water partition coefficient (Wildman–Crippen LogP) is 4.67. The quantitative estimate of drug-likeness (QED) is 0.489. The van der Waals surface area contributed by atoms with Gasteiger partial charge in [0.25, 0.3) is 11.5 Å². The van der Waals surface area contributed by atoms with Crippen LogP contribution in [-0.4, -0.2) is 41.7 Å². The van der Waals surface area contributed by atoms with E-state index in [1.165, 1.54) is 0 Å². The Kier molecular flexibility index (Phi) is 6.34. The van der Waals surface area contributed by atoms with Gasteiger partial charge in [-0.1, -0.05) is 18.2 Å². The van der Waals surface area contributed by atoms with Crippen molar-refractivity contribution < 1.29 is 18.3 Å². The molecule has 1 aliphatic rings. The van der Waals surface area contributed by atoms with E-state index in [-0.39, 0.29) is 31.6 Å². The molecule has 1 fully saturated rings. The summed E-state index contributed by atoms with van der Waals surface area (Å²) in [6.45, 7) is 3.40. The lowest BCUT2D eigenvalue weighted by molar-refractivity contribution is 0.0114. The lowest BCUT2D eigenvalue weighted by Crippen LogP contribution is -2.31. The summed E-state index contributed by atoms with van der Waals surface area (Å²) in [5.74, 6) is -1.36. The molecule has 0 atom stereocenters. The first-order valence-electron chi connectivity index (χ1n) is 10.5. The minimum Gasteiger partial charge on any atom is -0.457 e. The minimum atomic E-state index is -2.69. The summed E-state index contributed by atoms with van der Waals surface area (Å²) in [6.07, 6.45) is -0.167. The number of benzene rings is 2. The van der Waals surface area contributed by atoms with Gasteiger partial charge in [0.2, 0.25) is 0 Å². The van der Waals surface area contributed by atoms with Gasteiger partial charge in [0.05, 0.1) is 18.7 Å². The van der Waals surface area contributed by atoms with Crippen LogP contribution in [0.25, 0.3) is 10.9 Å². The SMILES string of the molecule is CCOCCn1c(=O)c(CN2CCC(F)(F)C2)cc2ccc(Oc3ccccc3)cc21. The van der Waals surface area contributed by atoms with E-state index >= 15 is 0 Å². The van der Waals surface area contributed by atoms with E-state index in [0.29, 0.717) is 36.8 Å². The molecular formula is C24H26F2N2O3. The van der Waals surface area contributed by atoms with Gasteiger partial charge in [-0.15, -0.1) is 0 Å². The maximum atomic E-state index is 13.6. The molecular weight excluding hydrogens is 402 g/mol. The van der Waals surface area contributed by atoms with Crippen LogP contribution in [0.5, 0.6) is 11.5 Å². The number of halogens is 2. The maximum absolute atomic E-state index is 13.6. The molecule has 7 heteroatoms. The zero-order chi connectivity index (χ0) is 21.8. The number of pyridine rings is 1. The molecule has 164 valence electrons.